The van der Waals surface area contributed by atoms with Crippen LogP contribution in [-0.4, -0.2) is 27.9 Å². The average molecular weight is 296 g/mol. The van der Waals surface area contributed by atoms with Crippen LogP contribution in [-0.2, 0) is 13.0 Å². The summed E-state index contributed by atoms with van der Waals surface area (Å²) in [4.78, 5) is 0. The quantitative estimate of drug-likeness (QED) is 0.922. The summed E-state index contributed by atoms with van der Waals surface area (Å²) in [5.41, 5.74) is 2.63. The second-order valence-corrected chi connectivity index (χ2v) is 6.21. The third-order valence-electron chi connectivity index (χ3n) is 4.28. The summed E-state index contributed by atoms with van der Waals surface area (Å²) in [5, 5.41) is 12.0. The Kier molecular flexibility index (Phi) is 4.68. The van der Waals surface area contributed by atoms with Crippen LogP contribution in [0.4, 0.5) is 0 Å². The number of hydrogen-bond donors (Lipinski definition) is 1. The van der Waals surface area contributed by atoms with Crippen LogP contribution in [0, 0.1) is 12.8 Å². The van der Waals surface area contributed by atoms with Crippen LogP contribution in [0.15, 0.2) is 35.9 Å². The van der Waals surface area contributed by atoms with Crippen LogP contribution >= 0.6 is 0 Å². The monoisotopic (exact) mass is 296 g/mol. The maximum absolute atomic E-state index is 4.23. The van der Waals surface area contributed by atoms with Gasteiger partial charge in [-0.2, -0.15) is 0 Å². The van der Waals surface area contributed by atoms with E-state index in [0.717, 1.165) is 37.7 Å². The molecule has 0 aliphatic carbocycles. The van der Waals surface area contributed by atoms with Crippen molar-refractivity contribution in [1.82, 2.24) is 20.1 Å². The number of aromatic nitrogens is 3. The summed E-state index contributed by atoms with van der Waals surface area (Å²) in [6, 6.07) is 10.5. The predicted molar refractivity (Wildman–Crippen MR) is 89.5 cm³/mol. The minimum atomic E-state index is 0.673. The van der Waals surface area contributed by atoms with Gasteiger partial charge < -0.3 is 9.88 Å². The molecule has 2 heterocycles. The number of nitrogens with one attached hydrogen (secondary N) is 1. The molecule has 0 spiro atoms. The Morgan fingerprint density at radius 2 is 2.14 bits per heavy atom. The normalized spacial score (nSPS) is 18.3. The molecule has 0 unspecified atom stereocenters. The minimum absolute atomic E-state index is 0.673. The van der Waals surface area contributed by atoms with E-state index in [1.54, 1.807) is 0 Å². The zero-order valence-electron chi connectivity index (χ0n) is 13.4. The van der Waals surface area contributed by atoms with Gasteiger partial charge in [0.15, 0.2) is 0 Å². The molecule has 116 valence electrons. The first-order valence-corrected chi connectivity index (χ1v) is 8.04. The van der Waals surface area contributed by atoms with E-state index < -0.39 is 0 Å². The van der Waals surface area contributed by atoms with Crippen molar-refractivity contribution in [2.45, 2.75) is 33.2 Å². The highest BCUT2D eigenvalue weighted by atomic mass is 15.3. The van der Waals surface area contributed by atoms with Crippen molar-refractivity contribution >= 4 is 6.08 Å². The van der Waals surface area contributed by atoms with Crippen molar-refractivity contribution in [3.05, 3.63) is 53.1 Å². The van der Waals surface area contributed by atoms with Crippen molar-refractivity contribution in [2.24, 2.45) is 5.92 Å². The lowest BCUT2D eigenvalue weighted by molar-refractivity contribution is 0.348. The highest BCUT2D eigenvalue weighted by Gasteiger charge is 2.20. The Balaban J connectivity index is 1.48. The SMILES string of the molecule is C/C(=C\c1ccccc1)CNC[C@H]1CCc2nnc(C)n2C1. The van der Waals surface area contributed by atoms with Gasteiger partial charge in [0, 0.05) is 19.5 Å². The molecule has 0 saturated carbocycles. The van der Waals surface area contributed by atoms with Crippen LogP contribution in [0.2, 0.25) is 0 Å². The van der Waals surface area contributed by atoms with Gasteiger partial charge in [0.05, 0.1) is 0 Å². The van der Waals surface area contributed by atoms with Gasteiger partial charge in [0.1, 0.15) is 11.6 Å². The molecule has 1 aromatic carbocycles. The molecule has 1 aromatic heterocycles. The van der Waals surface area contributed by atoms with Crippen molar-refractivity contribution < 1.29 is 0 Å². The van der Waals surface area contributed by atoms with Crippen LogP contribution in [0.1, 0.15) is 30.6 Å². The molecular weight excluding hydrogens is 272 g/mol. The Labute approximate surface area is 132 Å². The maximum atomic E-state index is 4.23. The van der Waals surface area contributed by atoms with Crippen molar-refractivity contribution in [3.8, 4) is 0 Å². The largest absolute Gasteiger partial charge is 0.315 e. The highest BCUT2D eigenvalue weighted by molar-refractivity contribution is 5.52. The van der Waals surface area contributed by atoms with E-state index in [4.69, 9.17) is 0 Å². The molecule has 4 heteroatoms. The summed E-state index contributed by atoms with van der Waals surface area (Å²) in [6.07, 6.45) is 4.49. The van der Waals surface area contributed by atoms with Gasteiger partial charge in [-0.05, 0) is 38.3 Å². The van der Waals surface area contributed by atoms with E-state index in [-0.39, 0.29) is 0 Å². The third-order valence-corrected chi connectivity index (χ3v) is 4.28. The summed E-state index contributed by atoms with van der Waals surface area (Å²) in [6.45, 7) is 7.26. The Morgan fingerprint density at radius 3 is 2.95 bits per heavy atom. The van der Waals surface area contributed by atoms with Crippen LogP contribution < -0.4 is 5.32 Å². The molecule has 1 N–H and O–H groups in total. The van der Waals surface area contributed by atoms with Crippen molar-refractivity contribution in [2.75, 3.05) is 13.1 Å². The fraction of sp³-hybridized carbons (Fsp3) is 0.444. The molecule has 0 bridgehead atoms. The lowest BCUT2D eigenvalue weighted by Crippen LogP contribution is -2.31. The van der Waals surface area contributed by atoms with E-state index >= 15 is 0 Å². The first kappa shape index (κ1) is 15.0. The number of rotatable bonds is 5. The second kappa shape index (κ2) is 6.88. The lowest BCUT2D eigenvalue weighted by atomic mass is 9.99. The smallest absolute Gasteiger partial charge is 0.133 e. The highest BCUT2D eigenvalue weighted by Crippen LogP contribution is 2.19. The zero-order chi connectivity index (χ0) is 15.4. The molecule has 3 rings (SSSR count). The number of hydrogen-bond acceptors (Lipinski definition) is 3. The molecule has 1 aliphatic heterocycles. The van der Waals surface area contributed by atoms with E-state index in [1.165, 1.54) is 17.6 Å². The summed E-state index contributed by atoms with van der Waals surface area (Å²) in [5.74, 6) is 2.86. The first-order chi connectivity index (χ1) is 10.7. The standard InChI is InChI=1S/C18H24N4/c1-14(10-16-6-4-3-5-7-16)11-19-12-17-8-9-18-21-20-15(2)22(18)13-17/h3-7,10,17,19H,8-9,11-13H2,1-2H3/b14-10+/t17-/m1/s1. The summed E-state index contributed by atoms with van der Waals surface area (Å²) < 4.78 is 2.27. The molecular formula is C18H24N4. The molecule has 1 atom stereocenters. The topological polar surface area (TPSA) is 42.7 Å². The van der Waals surface area contributed by atoms with Crippen LogP contribution in [0.25, 0.3) is 6.08 Å². The maximum Gasteiger partial charge on any atom is 0.133 e. The number of benzene rings is 1. The minimum Gasteiger partial charge on any atom is -0.315 e. The van der Waals surface area contributed by atoms with Gasteiger partial charge in [0.25, 0.3) is 0 Å². The van der Waals surface area contributed by atoms with Gasteiger partial charge in [-0.25, -0.2) is 0 Å². The lowest BCUT2D eigenvalue weighted by Gasteiger charge is -2.24. The van der Waals surface area contributed by atoms with Crippen LogP contribution in [0.5, 0.6) is 0 Å². The molecule has 2 aromatic rings. The van der Waals surface area contributed by atoms with Gasteiger partial charge in [-0.1, -0.05) is 42.0 Å². The number of fused-ring (bicyclic) bond motifs is 1. The molecule has 22 heavy (non-hydrogen) atoms. The molecule has 0 saturated heterocycles. The Hall–Kier alpha value is -1.94. The molecule has 0 fully saturated rings. The fourth-order valence-corrected chi connectivity index (χ4v) is 3.05. The summed E-state index contributed by atoms with van der Waals surface area (Å²) in [7, 11) is 0. The molecule has 0 amide bonds. The predicted octanol–water partition coefficient (Wildman–Crippen LogP) is 2.84. The third kappa shape index (κ3) is 3.63. The van der Waals surface area contributed by atoms with Gasteiger partial charge in [-0.15, -0.1) is 10.2 Å². The molecule has 0 radical (unpaired) electrons. The molecule has 4 nitrogen and oxygen atoms in total. The van der Waals surface area contributed by atoms with Crippen molar-refractivity contribution in [3.63, 3.8) is 0 Å². The first-order valence-electron chi connectivity index (χ1n) is 8.04. The van der Waals surface area contributed by atoms with E-state index in [2.05, 4.69) is 63.4 Å². The van der Waals surface area contributed by atoms with Crippen LogP contribution in [0.3, 0.4) is 0 Å². The van der Waals surface area contributed by atoms with Crippen molar-refractivity contribution in [1.29, 1.82) is 0 Å². The number of nitrogens with zero attached hydrogens (tertiary/aromatic N) is 3. The van der Waals surface area contributed by atoms with Gasteiger partial charge in [-0.3, -0.25) is 0 Å². The Bertz CT molecular complexity index is 642. The van der Waals surface area contributed by atoms with Gasteiger partial charge >= 0.3 is 0 Å². The van der Waals surface area contributed by atoms with E-state index in [0.29, 0.717) is 5.92 Å². The zero-order valence-corrected chi connectivity index (χ0v) is 13.4. The Morgan fingerprint density at radius 1 is 1.32 bits per heavy atom. The summed E-state index contributed by atoms with van der Waals surface area (Å²) >= 11 is 0. The fourth-order valence-electron chi connectivity index (χ4n) is 3.05. The number of aryl methyl sites for hydroxylation is 2. The second-order valence-electron chi connectivity index (χ2n) is 6.21. The van der Waals surface area contributed by atoms with Gasteiger partial charge in [0.2, 0.25) is 0 Å². The van der Waals surface area contributed by atoms with E-state index in [1.807, 2.05) is 6.92 Å². The average Bonchev–Trinajstić information content (AvgIpc) is 2.89. The molecule has 1 aliphatic rings. The van der Waals surface area contributed by atoms with E-state index in [9.17, 15) is 0 Å².